The highest BCUT2D eigenvalue weighted by Gasteiger charge is 2.32. The first kappa shape index (κ1) is 16.5. The Kier molecular flexibility index (Phi) is 5.47. The number of nitrogens with zero attached hydrogens (tertiary/aromatic N) is 4. The summed E-state index contributed by atoms with van der Waals surface area (Å²) in [6, 6.07) is 3.37. The van der Waals surface area contributed by atoms with E-state index >= 15 is 0 Å². The fourth-order valence-corrected chi connectivity index (χ4v) is 4.75. The van der Waals surface area contributed by atoms with Crippen molar-refractivity contribution in [3.63, 3.8) is 0 Å². The van der Waals surface area contributed by atoms with Crippen LogP contribution in [0.15, 0.2) is 18.5 Å². The van der Waals surface area contributed by atoms with Gasteiger partial charge in [0.15, 0.2) is 0 Å². The molecule has 6 nitrogen and oxygen atoms in total. The van der Waals surface area contributed by atoms with E-state index in [1.807, 2.05) is 12.3 Å². The zero-order valence-electron chi connectivity index (χ0n) is 14.7. The maximum Gasteiger partial charge on any atom is 0.0543 e. The maximum absolute atomic E-state index is 4.43. The molecule has 4 rings (SSSR count). The molecule has 24 heavy (non-hydrogen) atoms. The van der Waals surface area contributed by atoms with Crippen molar-refractivity contribution in [1.82, 2.24) is 30.2 Å². The van der Waals surface area contributed by atoms with E-state index in [4.69, 9.17) is 0 Å². The molecule has 0 spiro atoms. The molecule has 0 bridgehead atoms. The largest absolute Gasteiger partial charge is 0.315 e. The molecule has 3 aliphatic rings. The molecule has 3 saturated heterocycles. The standard InChI is InChI=1S/C18H32N6/c1-5-21-24(9-1)17-3-10-22(11-4-17)15-16-2-6-20-14-18(16)23-12-7-19-8-13-23/h1,5,9,16-20H,2-4,6-8,10-15H2. The monoisotopic (exact) mass is 332 g/mol. The van der Waals surface area contributed by atoms with Crippen LogP contribution in [0, 0.1) is 5.92 Å². The van der Waals surface area contributed by atoms with Gasteiger partial charge in [-0.15, -0.1) is 0 Å². The summed E-state index contributed by atoms with van der Waals surface area (Å²) in [6.07, 6.45) is 7.83. The lowest BCUT2D eigenvalue weighted by Crippen LogP contribution is -2.58. The van der Waals surface area contributed by atoms with Gasteiger partial charge in [-0.2, -0.15) is 5.10 Å². The molecular weight excluding hydrogens is 300 g/mol. The average molecular weight is 332 g/mol. The number of hydrogen-bond donors (Lipinski definition) is 2. The van der Waals surface area contributed by atoms with Crippen molar-refractivity contribution in [1.29, 1.82) is 0 Å². The van der Waals surface area contributed by atoms with Crippen molar-refractivity contribution in [3.05, 3.63) is 18.5 Å². The van der Waals surface area contributed by atoms with Crippen LogP contribution < -0.4 is 10.6 Å². The van der Waals surface area contributed by atoms with E-state index in [1.54, 1.807) is 0 Å². The van der Waals surface area contributed by atoms with Gasteiger partial charge < -0.3 is 15.5 Å². The van der Waals surface area contributed by atoms with E-state index < -0.39 is 0 Å². The van der Waals surface area contributed by atoms with E-state index in [1.165, 1.54) is 65.1 Å². The van der Waals surface area contributed by atoms with Crippen LogP contribution in [0.3, 0.4) is 0 Å². The van der Waals surface area contributed by atoms with Gasteiger partial charge in [0.1, 0.15) is 0 Å². The summed E-state index contributed by atoms with van der Waals surface area (Å²) >= 11 is 0. The van der Waals surface area contributed by atoms with E-state index in [0.29, 0.717) is 6.04 Å². The highest BCUT2D eigenvalue weighted by molar-refractivity contribution is 4.91. The fraction of sp³-hybridized carbons (Fsp3) is 0.833. The van der Waals surface area contributed by atoms with E-state index in [-0.39, 0.29) is 0 Å². The summed E-state index contributed by atoms with van der Waals surface area (Å²) in [5.41, 5.74) is 0. The molecule has 0 amide bonds. The van der Waals surface area contributed by atoms with Crippen LogP contribution in [0.5, 0.6) is 0 Å². The fourth-order valence-electron chi connectivity index (χ4n) is 4.75. The molecule has 3 aliphatic heterocycles. The maximum atomic E-state index is 4.43. The number of hydrogen-bond acceptors (Lipinski definition) is 5. The minimum atomic E-state index is 0.605. The molecule has 134 valence electrons. The SMILES string of the molecule is c1cnn(C2CCN(CC3CCNCC3N3CCNCC3)CC2)c1. The number of nitrogens with one attached hydrogen (secondary N) is 2. The summed E-state index contributed by atoms with van der Waals surface area (Å²) in [7, 11) is 0. The van der Waals surface area contributed by atoms with Gasteiger partial charge in [-0.25, -0.2) is 0 Å². The minimum absolute atomic E-state index is 0.605. The van der Waals surface area contributed by atoms with Crippen LogP contribution in [0.2, 0.25) is 0 Å². The second-order valence-electron chi connectivity index (χ2n) is 7.62. The Labute approximate surface area is 145 Å². The van der Waals surface area contributed by atoms with Gasteiger partial charge in [0, 0.05) is 70.8 Å². The van der Waals surface area contributed by atoms with E-state index in [0.717, 1.165) is 25.0 Å². The van der Waals surface area contributed by atoms with Gasteiger partial charge in [-0.1, -0.05) is 0 Å². The van der Waals surface area contributed by atoms with Crippen LogP contribution in [-0.2, 0) is 0 Å². The average Bonchev–Trinajstić information content (AvgIpc) is 3.18. The van der Waals surface area contributed by atoms with Crippen molar-refractivity contribution in [2.24, 2.45) is 5.92 Å². The van der Waals surface area contributed by atoms with Crippen molar-refractivity contribution in [2.75, 3.05) is 58.9 Å². The van der Waals surface area contributed by atoms with Crippen LogP contribution in [0.25, 0.3) is 0 Å². The van der Waals surface area contributed by atoms with E-state index in [9.17, 15) is 0 Å². The van der Waals surface area contributed by atoms with Gasteiger partial charge in [0.2, 0.25) is 0 Å². The molecule has 0 aliphatic carbocycles. The lowest BCUT2D eigenvalue weighted by molar-refractivity contribution is 0.0658. The molecule has 2 atom stereocenters. The topological polar surface area (TPSA) is 48.4 Å². The zero-order valence-corrected chi connectivity index (χ0v) is 14.7. The first-order chi connectivity index (χ1) is 11.9. The predicted molar refractivity (Wildman–Crippen MR) is 96.1 cm³/mol. The first-order valence-electron chi connectivity index (χ1n) is 9.77. The zero-order chi connectivity index (χ0) is 16.2. The van der Waals surface area contributed by atoms with Crippen molar-refractivity contribution >= 4 is 0 Å². The molecule has 0 saturated carbocycles. The lowest BCUT2D eigenvalue weighted by Gasteiger charge is -2.44. The highest BCUT2D eigenvalue weighted by Crippen LogP contribution is 2.25. The third kappa shape index (κ3) is 3.82. The quantitative estimate of drug-likeness (QED) is 0.836. The lowest BCUT2D eigenvalue weighted by atomic mass is 9.89. The Morgan fingerprint density at radius 1 is 0.958 bits per heavy atom. The summed E-state index contributed by atoms with van der Waals surface area (Å²) in [6.45, 7) is 10.8. The van der Waals surface area contributed by atoms with E-state index in [2.05, 4.69) is 36.4 Å². The van der Waals surface area contributed by atoms with Gasteiger partial charge in [-0.05, 0) is 37.8 Å². The normalized spacial score (nSPS) is 31.3. The Morgan fingerprint density at radius 3 is 2.54 bits per heavy atom. The van der Waals surface area contributed by atoms with Gasteiger partial charge in [-0.3, -0.25) is 9.58 Å². The second-order valence-corrected chi connectivity index (χ2v) is 7.62. The van der Waals surface area contributed by atoms with Crippen molar-refractivity contribution in [3.8, 4) is 0 Å². The van der Waals surface area contributed by atoms with Gasteiger partial charge >= 0.3 is 0 Å². The second kappa shape index (κ2) is 7.95. The molecule has 0 radical (unpaired) electrons. The van der Waals surface area contributed by atoms with Crippen molar-refractivity contribution in [2.45, 2.75) is 31.3 Å². The predicted octanol–water partition coefficient (Wildman–Crippen LogP) is 0.403. The third-order valence-corrected chi connectivity index (χ3v) is 6.16. The molecule has 2 unspecified atom stereocenters. The number of piperidine rings is 2. The van der Waals surface area contributed by atoms with Crippen LogP contribution in [0.1, 0.15) is 25.3 Å². The van der Waals surface area contributed by atoms with Gasteiger partial charge in [0.05, 0.1) is 6.04 Å². The molecule has 0 aromatic carbocycles. The smallest absolute Gasteiger partial charge is 0.0543 e. The van der Waals surface area contributed by atoms with Crippen LogP contribution >= 0.6 is 0 Å². The number of piperazine rings is 1. The van der Waals surface area contributed by atoms with Crippen molar-refractivity contribution < 1.29 is 0 Å². The molecule has 3 fully saturated rings. The molecule has 6 heteroatoms. The Hall–Kier alpha value is -0.950. The molecular formula is C18H32N6. The third-order valence-electron chi connectivity index (χ3n) is 6.16. The van der Waals surface area contributed by atoms with Crippen LogP contribution in [0.4, 0.5) is 0 Å². The molecule has 1 aromatic rings. The summed E-state index contributed by atoms with van der Waals surface area (Å²) in [5, 5.41) is 11.6. The molecule has 2 N–H and O–H groups in total. The highest BCUT2D eigenvalue weighted by atomic mass is 15.3. The minimum Gasteiger partial charge on any atom is -0.315 e. The first-order valence-corrected chi connectivity index (χ1v) is 9.77. The molecule has 1 aromatic heterocycles. The Bertz CT molecular complexity index is 476. The Morgan fingerprint density at radius 2 is 1.79 bits per heavy atom. The Balaban J connectivity index is 1.30. The number of likely N-dealkylation sites (tertiary alicyclic amines) is 1. The summed E-state index contributed by atoms with van der Waals surface area (Å²) in [4.78, 5) is 5.44. The molecule has 4 heterocycles. The number of rotatable bonds is 4. The van der Waals surface area contributed by atoms with Gasteiger partial charge in [0.25, 0.3) is 0 Å². The summed E-state index contributed by atoms with van der Waals surface area (Å²) < 4.78 is 2.16. The number of aromatic nitrogens is 2. The summed E-state index contributed by atoms with van der Waals surface area (Å²) in [5.74, 6) is 0.825. The van der Waals surface area contributed by atoms with Crippen LogP contribution in [-0.4, -0.2) is 84.5 Å².